The molecule has 47 heavy (non-hydrogen) atoms. The number of nitrogens with zero attached hydrogens (tertiary/aromatic N) is 1. The zero-order chi connectivity index (χ0) is 33.1. The van der Waals surface area contributed by atoms with Gasteiger partial charge in [0.25, 0.3) is 0 Å². The van der Waals surface area contributed by atoms with Gasteiger partial charge in [0.05, 0.1) is 11.4 Å². The van der Waals surface area contributed by atoms with Gasteiger partial charge in [-0.3, -0.25) is 5.10 Å². The van der Waals surface area contributed by atoms with Crippen molar-refractivity contribution in [3.05, 3.63) is 90.0 Å². The highest BCUT2D eigenvalue weighted by Crippen LogP contribution is 2.66. The van der Waals surface area contributed by atoms with Crippen molar-refractivity contribution in [2.24, 2.45) is 11.8 Å². The minimum Gasteiger partial charge on any atom is -0.504 e. The molecule has 0 radical (unpaired) electrons. The van der Waals surface area contributed by atoms with Crippen LogP contribution in [0, 0.1) is 11.8 Å². The van der Waals surface area contributed by atoms with Crippen LogP contribution in [0.1, 0.15) is 49.7 Å². The molecule has 10 nitrogen and oxygen atoms in total. The standard InChI is InChI=1S/C22H24O4.C15H12N2O4/c23-17-3-1-15(6-19(17)25)21-8-13-5-14(9-21)11-22(10-13,12-21)16-2-4-18(24)20(26)7-16;18-12-3-1-8(5-14(12)20)10-7-11(17-16-10)9-2-4-13(19)15(21)6-9/h1-4,6-7,13-14,23-26H,5,8-12H2;1-7,18-21H,(H,16,17). The monoisotopic (exact) mass is 636 g/mol. The van der Waals surface area contributed by atoms with E-state index in [2.05, 4.69) is 10.2 Å². The minimum atomic E-state index is -0.223. The van der Waals surface area contributed by atoms with E-state index in [1.165, 1.54) is 30.7 Å². The summed E-state index contributed by atoms with van der Waals surface area (Å²) in [6, 6.07) is 21.2. The van der Waals surface area contributed by atoms with Gasteiger partial charge in [-0.2, -0.15) is 5.10 Å². The molecule has 1 aromatic heterocycles. The number of aromatic nitrogens is 2. The lowest BCUT2D eigenvalue weighted by molar-refractivity contribution is -0.0283. The normalized spacial score (nSPS) is 24.1. The Hall–Kier alpha value is -5.51. The Morgan fingerprint density at radius 1 is 0.489 bits per heavy atom. The number of benzene rings is 4. The molecule has 9 rings (SSSR count). The van der Waals surface area contributed by atoms with Crippen LogP contribution in [-0.2, 0) is 10.8 Å². The van der Waals surface area contributed by atoms with Crippen LogP contribution >= 0.6 is 0 Å². The molecule has 4 aliphatic rings. The van der Waals surface area contributed by atoms with Crippen molar-refractivity contribution in [3.8, 4) is 68.5 Å². The van der Waals surface area contributed by atoms with E-state index in [1.807, 2.05) is 12.1 Å². The number of hydrogen-bond acceptors (Lipinski definition) is 9. The van der Waals surface area contributed by atoms with Crippen LogP contribution < -0.4 is 0 Å². The van der Waals surface area contributed by atoms with E-state index in [4.69, 9.17) is 0 Å². The van der Waals surface area contributed by atoms with Gasteiger partial charge in [-0.1, -0.05) is 12.1 Å². The molecule has 0 unspecified atom stereocenters. The fourth-order valence-corrected chi connectivity index (χ4v) is 8.64. The number of nitrogens with one attached hydrogen (secondary N) is 1. The van der Waals surface area contributed by atoms with Gasteiger partial charge >= 0.3 is 0 Å². The van der Waals surface area contributed by atoms with Gasteiger partial charge in [0.15, 0.2) is 46.0 Å². The summed E-state index contributed by atoms with van der Waals surface area (Å²) >= 11 is 0. The van der Waals surface area contributed by atoms with Crippen molar-refractivity contribution in [2.75, 3.05) is 0 Å². The summed E-state index contributed by atoms with van der Waals surface area (Å²) in [4.78, 5) is 0. The Labute approximate surface area is 270 Å². The first-order valence-corrected chi connectivity index (χ1v) is 15.6. The van der Waals surface area contributed by atoms with E-state index < -0.39 is 0 Å². The van der Waals surface area contributed by atoms with E-state index in [9.17, 15) is 40.9 Å². The van der Waals surface area contributed by atoms with Crippen molar-refractivity contribution in [3.63, 3.8) is 0 Å². The SMILES string of the molecule is Oc1ccc(-c2cc(-c3ccc(O)c(O)c3)[nH]n2)cc1O.Oc1ccc(C23CC4CC(C2)CC(c2ccc(O)c(O)c2)(C4)C3)cc1O. The fraction of sp³-hybridized carbons (Fsp3) is 0.270. The summed E-state index contributed by atoms with van der Waals surface area (Å²) in [5.41, 5.74) is 4.79. The highest BCUT2D eigenvalue weighted by molar-refractivity contribution is 5.71. The van der Waals surface area contributed by atoms with E-state index in [0.29, 0.717) is 34.4 Å². The molecule has 9 N–H and O–H groups in total. The Balaban J connectivity index is 0.000000153. The van der Waals surface area contributed by atoms with Crippen molar-refractivity contribution >= 4 is 0 Å². The molecule has 242 valence electrons. The van der Waals surface area contributed by atoms with Crippen LogP contribution in [0.2, 0.25) is 0 Å². The third kappa shape index (κ3) is 5.39. The topological polar surface area (TPSA) is 191 Å². The first kappa shape index (κ1) is 30.2. The number of aromatic hydroxyl groups is 8. The summed E-state index contributed by atoms with van der Waals surface area (Å²) in [6.45, 7) is 0. The fourth-order valence-electron chi connectivity index (χ4n) is 8.64. The van der Waals surface area contributed by atoms with Gasteiger partial charge in [-0.25, -0.2) is 0 Å². The van der Waals surface area contributed by atoms with E-state index in [1.54, 1.807) is 42.5 Å². The average molecular weight is 637 g/mol. The molecular formula is C37H36N2O8. The Bertz CT molecular complexity index is 1840. The largest absolute Gasteiger partial charge is 0.504 e. The molecule has 0 aliphatic heterocycles. The molecule has 5 aromatic rings. The van der Waals surface area contributed by atoms with Crippen LogP contribution in [0.5, 0.6) is 46.0 Å². The first-order valence-electron chi connectivity index (χ1n) is 15.6. The number of H-pyrrole nitrogens is 1. The molecule has 4 aromatic carbocycles. The molecule has 4 aliphatic carbocycles. The number of rotatable bonds is 4. The highest BCUT2D eigenvalue weighted by Gasteiger charge is 2.58. The van der Waals surface area contributed by atoms with E-state index in [-0.39, 0.29) is 56.8 Å². The third-order valence-corrected chi connectivity index (χ3v) is 10.4. The maximum atomic E-state index is 10.0. The van der Waals surface area contributed by atoms with Gasteiger partial charge in [0, 0.05) is 11.1 Å². The zero-order valence-electron chi connectivity index (χ0n) is 25.4. The van der Waals surface area contributed by atoms with Gasteiger partial charge in [0.2, 0.25) is 0 Å². The summed E-state index contributed by atoms with van der Waals surface area (Å²) in [5.74, 6) is 0.217. The minimum absolute atomic E-state index is 0.0166. The molecule has 1 heterocycles. The van der Waals surface area contributed by atoms with Gasteiger partial charge in [-0.05, 0) is 139 Å². The van der Waals surface area contributed by atoms with Crippen molar-refractivity contribution < 1.29 is 40.9 Å². The molecule has 0 saturated heterocycles. The zero-order valence-corrected chi connectivity index (χ0v) is 25.4. The molecule has 0 spiro atoms. The number of phenols is 8. The Morgan fingerprint density at radius 2 is 0.915 bits per heavy atom. The second kappa shape index (κ2) is 11.1. The molecular weight excluding hydrogens is 600 g/mol. The highest BCUT2D eigenvalue weighted by atomic mass is 16.3. The lowest BCUT2D eigenvalue weighted by atomic mass is 9.41. The van der Waals surface area contributed by atoms with Crippen LogP contribution in [0.25, 0.3) is 22.5 Å². The van der Waals surface area contributed by atoms with E-state index in [0.717, 1.165) is 43.2 Å². The van der Waals surface area contributed by atoms with Gasteiger partial charge < -0.3 is 40.9 Å². The van der Waals surface area contributed by atoms with Crippen LogP contribution in [0.15, 0.2) is 78.9 Å². The van der Waals surface area contributed by atoms with Crippen LogP contribution in [0.4, 0.5) is 0 Å². The Morgan fingerprint density at radius 3 is 1.38 bits per heavy atom. The third-order valence-electron chi connectivity index (χ3n) is 10.4. The summed E-state index contributed by atoms with van der Waals surface area (Å²) in [7, 11) is 0. The molecule has 4 saturated carbocycles. The van der Waals surface area contributed by atoms with Crippen LogP contribution in [0.3, 0.4) is 0 Å². The average Bonchev–Trinajstić information content (AvgIpc) is 3.53. The predicted molar refractivity (Wildman–Crippen MR) is 174 cm³/mol. The van der Waals surface area contributed by atoms with Crippen molar-refractivity contribution in [1.82, 2.24) is 10.2 Å². The first-order chi connectivity index (χ1) is 22.4. The smallest absolute Gasteiger partial charge is 0.158 e. The maximum absolute atomic E-state index is 10.0. The molecule has 10 heteroatoms. The second-order valence-electron chi connectivity index (χ2n) is 13.5. The predicted octanol–water partition coefficient (Wildman–Crippen LogP) is 6.86. The molecule has 4 fully saturated rings. The number of aromatic amines is 1. The van der Waals surface area contributed by atoms with Gasteiger partial charge in [0.1, 0.15) is 0 Å². The molecule has 0 atom stereocenters. The van der Waals surface area contributed by atoms with Gasteiger partial charge in [-0.15, -0.1) is 0 Å². The Kier molecular flexibility index (Phi) is 7.11. The summed E-state index contributed by atoms with van der Waals surface area (Å²) in [6.07, 6.45) is 6.75. The summed E-state index contributed by atoms with van der Waals surface area (Å²) < 4.78 is 0. The van der Waals surface area contributed by atoms with Crippen molar-refractivity contribution in [2.45, 2.75) is 49.4 Å². The summed E-state index contributed by atoms with van der Waals surface area (Å²) in [5, 5.41) is 84.0. The second-order valence-corrected chi connectivity index (χ2v) is 13.5. The van der Waals surface area contributed by atoms with Crippen LogP contribution in [-0.4, -0.2) is 51.0 Å². The quantitative estimate of drug-likeness (QED) is 0.0948. The lowest BCUT2D eigenvalue weighted by Crippen LogP contribution is -2.55. The van der Waals surface area contributed by atoms with Crippen molar-refractivity contribution in [1.29, 1.82) is 0 Å². The maximum Gasteiger partial charge on any atom is 0.158 e. The number of phenolic OH excluding ortho intramolecular Hbond substituents is 8. The van der Waals surface area contributed by atoms with E-state index >= 15 is 0 Å². The lowest BCUT2D eigenvalue weighted by Gasteiger charge is -2.62. The molecule has 0 amide bonds. The molecule has 4 bridgehead atoms. The number of hydrogen-bond donors (Lipinski definition) is 9.